The Bertz CT molecular complexity index is 369. The van der Waals surface area contributed by atoms with Gasteiger partial charge < -0.3 is 15.4 Å². The van der Waals surface area contributed by atoms with Crippen LogP contribution in [0.5, 0.6) is 0 Å². The zero-order valence-electron chi connectivity index (χ0n) is 10.5. The molecule has 0 aromatic carbocycles. The minimum Gasteiger partial charge on any atom is -0.383 e. The normalized spacial score (nSPS) is 11.9. The Balaban J connectivity index is 2.68. The number of rotatable bonds is 6. The molecular formula is C12H19N3O2. The van der Waals surface area contributed by atoms with Crippen LogP contribution in [0.2, 0.25) is 0 Å². The highest BCUT2D eigenvalue weighted by Gasteiger charge is 2.12. The lowest BCUT2D eigenvalue weighted by Gasteiger charge is -2.16. The summed E-state index contributed by atoms with van der Waals surface area (Å²) in [6.07, 6.45) is 2.45. The molecule has 2 N–H and O–H groups in total. The van der Waals surface area contributed by atoms with Gasteiger partial charge >= 0.3 is 0 Å². The standard InChI is InChI=1S/C12H19N3O2/c1-4-10(8-17-3)15-12(16)9-5-6-14-11(7-9)13-2/h5-7,10H,4,8H2,1-3H3,(H,13,14)(H,15,16). The van der Waals surface area contributed by atoms with Crippen LogP contribution in [-0.2, 0) is 4.74 Å². The first-order valence-electron chi connectivity index (χ1n) is 5.64. The van der Waals surface area contributed by atoms with E-state index in [0.717, 1.165) is 6.42 Å². The second-order valence-corrected chi connectivity index (χ2v) is 3.71. The van der Waals surface area contributed by atoms with Crippen molar-refractivity contribution >= 4 is 11.7 Å². The number of carbonyl (C=O) groups excluding carboxylic acids is 1. The fourth-order valence-electron chi connectivity index (χ4n) is 1.44. The number of anilines is 1. The van der Waals surface area contributed by atoms with Gasteiger partial charge in [0.15, 0.2) is 0 Å². The van der Waals surface area contributed by atoms with E-state index in [1.165, 1.54) is 0 Å². The Morgan fingerprint density at radius 3 is 2.94 bits per heavy atom. The monoisotopic (exact) mass is 237 g/mol. The maximum Gasteiger partial charge on any atom is 0.251 e. The van der Waals surface area contributed by atoms with E-state index < -0.39 is 0 Å². The first kappa shape index (κ1) is 13.4. The molecule has 0 aliphatic heterocycles. The minimum absolute atomic E-state index is 0.0405. The lowest BCUT2D eigenvalue weighted by Crippen LogP contribution is -2.37. The van der Waals surface area contributed by atoms with E-state index in [-0.39, 0.29) is 11.9 Å². The Morgan fingerprint density at radius 1 is 1.59 bits per heavy atom. The second-order valence-electron chi connectivity index (χ2n) is 3.71. The van der Waals surface area contributed by atoms with Crippen LogP contribution in [0.1, 0.15) is 23.7 Å². The van der Waals surface area contributed by atoms with E-state index >= 15 is 0 Å². The Kier molecular flexibility index (Phi) is 5.42. The molecular weight excluding hydrogens is 218 g/mol. The maximum absolute atomic E-state index is 11.9. The highest BCUT2D eigenvalue weighted by atomic mass is 16.5. The molecule has 0 saturated carbocycles. The second kappa shape index (κ2) is 6.85. The molecule has 5 heteroatoms. The van der Waals surface area contributed by atoms with Crippen molar-refractivity contribution in [3.05, 3.63) is 23.9 Å². The van der Waals surface area contributed by atoms with Gasteiger partial charge in [-0.3, -0.25) is 4.79 Å². The molecule has 1 amide bonds. The lowest BCUT2D eigenvalue weighted by atomic mass is 10.2. The number of nitrogens with zero attached hydrogens (tertiary/aromatic N) is 1. The maximum atomic E-state index is 11.9. The van der Waals surface area contributed by atoms with Crippen molar-refractivity contribution in [1.82, 2.24) is 10.3 Å². The molecule has 17 heavy (non-hydrogen) atoms. The van der Waals surface area contributed by atoms with Gasteiger partial charge in [0.1, 0.15) is 5.82 Å². The zero-order valence-corrected chi connectivity index (χ0v) is 10.5. The lowest BCUT2D eigenvalue weighted by molar-refractivity contribution is 0.0894. The summed E-state index contributed by atoms with van der Waals surface area (Å²) in [5, 5.41) is 5.81. The summed E-state index contributed by atoms with van der Waals surface area (Å²) in [5.41, 5.74) is 0.596. The smallest absolute Gasteiger partial charge is 0.251 e. The van der Waals surface area contributed by atoms with Crippen LogP contribution in [0.4, 0.5) is 5.82 Å². The first-order valence-corrected chi connectivity index (χ1v) is 5.64. The molecule has 0 aliphatic carbocycles. The highest BCUT2D eigenvalue weighted by molar-refractivity contribution is 5.94. The van der Waals surface area contributed by atoms with Gasteiger partial charge in [-0.25, -0.2) is 4.98 Å². The Morgan fingerprint density at radius 2 is 2.35 bits per heavy atom. The largest absolute Gasteiger partial charge is 0.383 e. The molecule has 0 saturated heterocycles. The fraction of sp³-hybridized carbons (Fsp3) is 0.500. The third-order valence-corrected chi connectivity index (χ3v) is 2.47. The number of methoxy groups -OCH3 is 1. The van der Waals surface area contributed by atoms with Crippen LogP contribution >= 0.6 is 0 Å². The van der Waals surface area contributed by atoms with Gasteiger partial charge in [-0.15, -0.1) is 0 Å². The number of ether oxygens (including phenoxy) is 1. The fourth-order valence-corrected chi connectivity index (χ4v) is 1.44. The zero-order chi connectivity index (χ0) is 12.7. The summed E-state index contributed by atoms with van der Waals surface area (Å²) in [4.78, 5) is 16.0. The SMILES string of the molecule is CCC(COC)NC(=O)c1ccnc(NC)c1. The quantitative estimate of drug-likeness (QED) is 0.782. The molecule has 94 valence electrons. The van der Waals surface area contributed by atoms with Gasteiger partial charge in [-0.05, 0) is 18.6 Å². The van der Waals surface area contributed by atoms with Crippen LogP contribution < -0.4 is 10.6 Å². The van der Waals surface area contributed by atoms with Crippen molar-refractivity contribution in [3.63, 3.8) is 0 Å². The van der Waals surface area contributed by atoms with Gasteiger partial charge in [0.25, 0.3) is 5.91 Å². The average molecular weight is 237 g/mol. The minimum atomic E-state index is -0.104. The molecule has 1 atom stereocenters. The molecule has 1 unspecified atom stereocenters. The number of carbonyl (C=O) groups is 1. The van der Waals surface area contributed by atoms with Crippen LogP contribution in [0, 0.1) is 0 Å². The summed E-state index contributed by atoms with van der Waals surface area (Å²) in [5.74, 6) is 0.574. The predicted molar refractivity (Wildman–Crippen MR) is 67.2 cm³/mol. The molecule has 0 bridgehead atoms. The molecule has 0 spiro atoms. The van der Waals surface area contributed by atoms with Gasteiger partial charge in [0, 0.05) is 25.9 Å². The van der Waals surface area contributed by atoms with E-state index in [9.17, 15) is 4.79 Å². The summed E-state index contributed by atoms with van der Waals surface area (Å²) < 4.78 is 5.04. The van der Waals surface area contributed by atoms with Gasteiger partial charge in [0.05, 0.1) is 12.6 Å². The molecule has 5 nitrogen and oxygen atoms in total. The van der Waals surface area contributed by atoms with E-state index in [1.807, 2.05) is 6.92 Å². The Labute approximate surface area is 102 Å². The third-order valence-electron chi connectivity index (χ3n) is 2.47. The molecule has 0 fully saturated rings. The molecule has 1 aromatic rings. The van der Waals surface area contributed by atoms with E-state index in [1.54, 1.807) is 32.5 Å². The highest BCUT2D eigenvalue weighted by Crippen LogP contribution is 2.06. The van der Waals surface area contributed by atoms with Gasteiger partial charge in [0.2, 0.25) is 0 Å². The number of hydrogen-bond acceptors (Lipinski definition) is 4. The molecule has 1 aromatic heterocycles. The number of hydrogen-bond donors (Lipinski definition) is 2. The van der Waals surface area contributed by atoms with Crippen LogP contribution in [0.15, 0.2) is 18.3 Å². The number of nitrogens with one attached hydrogen (secondary N) is 2. The molecule has 1 rings (SSSR count). The van der Waals surface area contributed by atoms with Crippen molar-refractivity contribution in [2.45, 2.75) is 19.4 Å². The van der Waals surface area contributed by atoms with Gasteiger partial charge in [-0.1, -0.05) is 6.92 Å². The number of aromatic nitrogens is 1. The Hall–Kier alpha value is -1.62. The van der Waals surface area contributed by atoms with E-state index in [2.05, 4.69) is 15.6 Å². The van der Waals surface area contributed by atoms with Crippen molar-refractivity contribution in [3.8, 4) is 0 Å². The van der Waals surface area contributed by atoms with Crippen LogP contribution in [0.3, 0.4) is 0 Å². The predicted octanol–water partition coefficient (Wildman–Crippen LogP) is 1.28. The molecule has 0 radical (unpaired) electrons. The van der Waals surface area contributed by atoms with Crippen molar-refractivity contribution in [2.75, 3.05) is 26.1 Å². The summed E-state index contributed by atoms with van der Waals surface area (Å²) in [6, 6.07) is 3.45. The summed E-state index contributed by atoms with van der Waals surface area (Å²) in [6.45, 7) is 2.53. The van der Waals surface area contributed by atoms with E-state index in [0.29, 0.717) is 18.0 Å². The molecule has 1 heterocycles. The van der Waals surface area contributed by atoms with Crippen molar-refractivity contribution < 1.29 is 9.53 Å². The number of pyridine rings is 1. The van der Waals surface area contributed by atoms with Crippen molar-refractivity contribution in [2.24, 2.45) is 0 Å². The van der Waals surface area contributed by atoms with Gasteiger partial charge in [-0.2, -0.15) is 0 Å². The van der Waals surface area contributed by atoms with Crippen LogP contribution in [0.25, 0.3) is 0 Å². The summed E-state index contributed by atoms with van der Waals surface area (Å²) >= 11 is 0. The average Bonchev–Trinajstić information content (AvgIpc) is 2.38. The third kappa shape index (κ3) is 4.03. The topological polar surface area (TPSA) is 63.2 Å². The number of amides is 1. The summed E-state index contributed by atoms with van der Waals surface area (Å²) in [7, 11) is 3.39. The first-order chi connectivity index (χ1) is 8.21. The molecule has 0 aliphatic rings. The van der Waals surface area contributed by atoms with Crippen molar-refractivity contribution in [1.29, 1.82) is 0 Å². The van der Waals surface area contributed by atoms with E-state index in [4.69, 9.17) is 4.74 Å². The van der Waals surface area contributed by atoms with Crippen LogP contribution in [-0.4, -0.2) is 37.7 Å².